The van der Waals surface area contributed by atoms with Gasteiger partial charge in [0.05, 0.1) is 33.2 Å². The van der Waals surface area contributed by atoms with Crippen molar-refractivity contribution in [3.8, 4) is 22.7 Å². The first-order chi connectivity index (χ1) is 21.8. The van der Waals surface area contributed by atoms with Gasteiger partial charge >= 0.3 is 11.9 Å². The Labute approximate surface area is 262 Å². The van der Waals surface area contributed by atoms with Crippen molar-refractivity contribution in [3.63, 3.8) is 0 Å². The van der Waals surface area contributed by atoms with Crippen LogP contribution in [0.2, 0.25) is 0 Å². The molecule has 0 spiro atoms. The minimum Gasteiger partial charge on any atom is -0.458 e. The molecule has 0 N–H and O–H groups in total. The van der Waals surface area contributed by atoms with E-state index >= 15 is 0 Å². The van der Waals surface area contributed by atoms with Crippen molar-refractivity contribution < 1.29 is 19.1 Å². The Bertz CT molecular complexity index is 2130. The number of hydrogen-bond acceptors (Lipinski definition) is 8. The molecule has 0 amide bonds. The number of carbonyl (C=O) groups is 2. The molecule has 10 heteroatoms. The van der Waals surface area contributed by atoms with Crippen molar-refractivity contribution in [2.24, 2.45) is 4.99 Å². The molecule has 3 heterocycles. The highest BCUT2D eigenvalue weighted by molar-refractivity contribution is 7.07. The van der Waals surface area contributed by atoms with Crippen LogP contribution in [0.15, 0.2) is 125 Å². The molecular formula is C35H28N4O5S. The molecule has 1 atom stereocenters. The third kappa shape index (κ3) is 5.96. The van der Waals surface area contributed by atoms with Crippen molar-refractivity contribution >= 4 is 29.4 Å². The lowest BCUT2D eigenvalue weighted by Gasteiger charge is -2.24. The van der Waals surface area contributed by atoms with Gasteiger partial charge in [-0.2, -0.15) is 5.10 Å². The highest BCUT2D eigenvalue weighted by Gasteiger charge is 2.33. The molecule has 0 unspecified atom stereocenters. The molecule has 0 saturated carbocycles. The Kier molecular flexibility index (Phi) is 8.22. The second kappa shape index (κ2) is 12.6. The Morgan fingerprint density at radius 1 is 1.00 bits per heavy atom. The minimum atomic E-state index is -0.826. The van der Waals surface area contributed by atoms with E-state index in [-0.39, 0.29) is 17.7 Å². The number of fused-ring (bicyclic) bond motifs is 1. The summed E-state index contributed by atoms with van der Waals surface area (Å²) in [6.45, 7) is 6.67. The number of thiazole rings is 1. The third-order valence-corrected chi connectivity index (χ3v) is 8.11. The topological polar surface area (TPSA) is 105 Å². The third-order valence-electron chi connectivity index (χ3n) is 7.13. The molecule has 0 fully saturated rings. The summed E-state index contributed by atoms with van der Waals surface area (Å²) in [4.78, 5) is 44.1. The number of esters is 2. The maximum Gasteiger partial charge on any atom is 0.338 e. The molecule has 3 aromatic carbocycles. The van der Waals surface area contributed by atoms with Gasteiger partial charge in [0.15, 0.2) is 4.80 Å². The largest absolute Gasteiger partial charge is 0.458 e. The van der Waals surface area contributed by atoms with Crippen molar-refractivity contribution in [1.29, 1.82) is 0 Å². The van der Waals surface area contributed by atoms with Crippen LogP contribution in [0, 0.1) is 0 Å². The zero-order chi connectivity index (χ0) is 31.5. The molecule has 0 bridgehead atoms. The van der Waals surface area contributed by atoms with Gasteiger partial charge in [-0.05, 0) is 42.8 Å². The van der Waals surface area contributed by atoms with Gasteiger partial charge in [-0.25, -0.2) is 14.5 Å². The van der Waals surface area contributed by atoms with Crippen LogP contribution in [0.4, 0.5) is 0 Å². The van der Waals surface area contributed by atoms with Crippen molar-refractivity contribution in [1.82, 2.24) is 14.3 Å². The SMILES string of the molecule is C=CCOC(=O)C1=C(C)N=c2s/c(=C/c3cn(-c4ccccc4)nc3-c3ccccc3)c(=O)n2[C@@H]1c1ccc(OC(C)=O)cc1. The van der Waals surface area contributed by atoms with Gasteiger partial charge in [-0.15, -0.1) is 0 Å². The maximum atomic E-state index is 14.2. The second-order valence-electron chi connectivity index (χ2n) is 10.2. The number of para-hydroxylation sites is 1. The van der Waals surface area contributed by atoms with Crippen LogP contribution < -0.4 is 19.6 Å². The molecule has 6 rings (SSSR count). The summed E-state index contributed by atoms with van der Waals surface area (Å²) in [6.07, 6.45) is 5.19. The summed E-state index contributed by atoms with van der Waals surface area (Å²) in [7, 11) is 0. The Balaban J connectivity index is 1.52. The van der Waals surface area contributed by atoms with E-state index < -0.39 is 18.0 Å². The first-order valence-corrected chi connectivity index (χ1v) is 14.9. The van der Waals surface area contributed by atoms with E-state index in [1.807, 2.05) is 72.9 Å². The predicted molar refractivity (Wildman–Crippen MR) is 172 cm³/mol. The van der Waals surface area contributed by atoms with Gasteiger partial charge in [0, 0.05) is 24.2 Å². The molecule has 1 aliphatic rings. The molecule has 45 heavy (non-hydrogen) atoms. The standard InChI is InChI=1S/C35H28N4O5S/c1-4-19-43-34(42)30-22(2)36-35-39(32(30)25-15-17-28(18-16-25)44-23(3)40)33(41)29(45-35)20-26-21-38(27-13-9-6-10-14-27)37-31(26)24-11-7-5-8-12-24/h4-18,20-21,32H,1,19H2,2-3H3/b29-20+/t32-/m1/s1. The smallest absolute Gasteiger partial charge is 0.338 e. The van der Waals surface area contributed by atoms with Crippen LogP contribution in [-0.4, -0.2) is 32.9 Å². The summed E-state index contributed by atoms with van der Waals surface area (Å²) in [6, 6.07) is 25.4. The van der Waals surface area contributed by atoms with Gasteiger partial charge in [-0.3, -0.25) is 14.2 Å². The number of ether oxygens (including phenoxy) is 2. The summed E-state index contributed by atoms with van der Waals surface area (Å²) in [5.74, 6) is -0.709. The highest BCUT2D eigenvalue weighted by atomic mass is 32.1. The van der Waals surface area contributed by atoms with Gasteiger partial charge < -0.3 is 9.47 Å². The van der Waals surface area contributed by atoms with Gasteiger partial charge in [0.2, 0.25) is 0 Å². The van der Waals surface area contributed by atoms with Crippen molar-refractivity contribution in [2.75, 3.05) is 6.61 Å². The van der Waals surface area contributed by atoms with E-state index in [9.17, 15) is 14.4 Å². The van der Waals surface area contributed by atoms with E-state index in [4.69, 9.17) is 14.6 Å². The highest BCUT2D eigenvalue weighted by Crippen LogP contribution is 2.32. The first-order valence-electron chi connectivity index (χ1n) is 14.1. The summed E-state index contributed by atoms with van der Waals surface area (Å²) < 4.78 is 14.3. The number of carbonyl (C=O) groups excluding carboxylic acids is 2. The normalized spacial score (nSPS) is 14.4. The fourth-order valence-electron chi connectivity index (χ4n) is 5.16. The minimum absolute atomic E-state index is 0.00576. The lowest BCUT2D eigenvalue weighted by Crippen LogP contribution is -2.39. The van der Waals surface area contributed by atoms with Crippen LogP contribution in [-0.2, 0) is 14.3 Å². The van der Waals surface area contributed by atoms with E-state index in [0.717, 1.165) is 16.8 Å². The molecule has 0 saturated heterocycles. The average molecular weight is 617 g/mol. The fourth-order valence-corrected chi connectivity index (χ4v) is 6.20. The van der Waals surface area contributed by atoms with Gasteiger partial charge in [0.1, 0.15) is 12.4 Å². The Morgan fingerprint density at radius 3 is 2.36 bits per heavy atom. The molecule has 2 aromatic heterocycles. The van der Waals surface area contributed by atoms with E-state index in [1.54, 1.807) is 35.9 Å². The summed E-state index contributed by atoms with van der Waals surface area (Å²) in [5.41, 5.74) is 4.23. The number of allylic oxidation sites excluding steroid dienone is 1. The van der Waals surface area contributed by atoms with Crippen LogP contribution in [0.1, 0.15) is 31.0 Å². The van der Waals surface area contributed by atoms with Crippen LogP contribution in [0.3, 0.4) is 0 Å². The number of rotatable bonds is 8. The molecule has 224 valence electrons. The molecular weight excluding hydrogens is 588 g/mol. The molecule has 1 aliphatic heterocycles. The lowest BCUT2D eigenvalue weighted by molar-refractivity contribution is -0.138. The number of aromatic nitrogens is 3. The molecule has 0 radical (unpaired) electrons. The average Bonchev–Trinajstić information content (AvgIpc) is 3.60. The lowest BCUT2D eigenvalue weighted by atomic mass is 9.96. The van der Waals surface area contributed by atoms with E-state index in [1.165, 1.54) is 28.9 Å². The Morgan fingerprint density at radius 2 is 1.69 bits per heavy atom. The van der Waals surface area contributed by atoms with Crippen LogP contribution in [0.25, 0.3) is 23.0 Å². The zero-order valence-electron chi connectivity index (χ0n) is 24.5. The second-order valence-corrected chi connectivity index (χ2v) is 11.2. The summed E-state index contributed by atoms with van der Waals surface area (Å²) >= 11 is 1.23. The predicted octanol–water partition coefficient (Wildman–Crippen LogP) is 4.74. The quantitative estimate of drug-likeness (QED) is 0.142. The zero-order valence-corrected chi connectivity index (χ0v) is 25.4. The summed E-state index contributed by atoms with van der Waals surface area (Å²) in [5, 5.41) is 4.87. The van der Waals surface area contributed by atoms with Crippen molar-refractivity contribution in [3.05, 3.63) is 146 Å². The van der Waals surface area contributed by atoms with Crippen LogP contribution in [0.5, 0.6) is 5.75 Å². The number of benzene rings is 3. The maximum absolute atomic E-state index is 14.2. The fraction of sp³-hybridized carbons (Fsp3) is 0.114. The number of nitrogens with zero attached hydrogens (tertiary/aromatic N) is 4. The van der Waals surface area contributed by atoms with E-state index in [0.29, 0.717) is 32.0 Å². The van der Waals surface area contributed by atoms with Crippen LogP contribution >= 0.6 is 11.3 Å². The monoisotopic (exact) mass is 616 g/mol. The molecule has 0 aliphatic carbocycles. The Hall–Kier alpha value is -5.61. The number of hydrogen-bond donors (Lipinski definition) is 0. The molecule has 5 aromatic rings. The molecule has 9 nitrogen and oxygen atoms in total. The van der Waals surface area contributed by atoms with Gasteiger partial charge in [0.25, 0.3) is 5.56 Å². The van der Waals surface area contributed by atoms with E-state index in [2.05, 4.69) is 11.6 Å². The van der Waals surface area contributed by atoms with Gasteiger partial charge in [-0.1, -0.05) is 84.7 Å². The first kappa shape index (κ1) is 29.5. The van der Waals surface area contributed by atoms with Crippen molar-refractivity contribution in [2.45, 2.75) is 19.9 Å².